The summed E-state index contributed by atoms with van der Waals surface area (Å²) >= 11 is 5.63. The molecule has 0 aromatic rings. The van der Waals surface area contributed by atoms with Crippen LogP contribution in [0.2, 0.25) is 0 Å². The molecule has 0 aromatic carbocycles. The Balaban J connectivity index is 3.30. The van der Waals surface area contributed by atoms with Gasteiger partial charge in [-0.1, -0.05) is 58.3 Å². The monoisotopic (exact) mass is 362 g/mol. The first-order valence-corrected chi connectivity index (χ1v) is 10.1. The zero-order valence-electron chi connectivity index (χ0n) is 15.3. The third-order valence-electron chi connectivity index (χ3n) is 3.84. The lowest BCUT2D eigenvalue weighted by atomic mass is 10.1. The van der Waals surface area contributed by atoms with Crippen LogP contribution in [0.25, 0.3) is 0 Å². The van der Waals surface area contributed by atoms with E-state index in [-0.39, 0.29) is 24.8 Å². The van der Waals surface area contributed by atoms with Crippen LogP contribution in [0, 0.1) is 0 Å². The summed E-state index contributed by atoms with van der Waals surface area (Å²) in [6.45, 7) is 3.01. The van der Waals surface area contributed by atoms with Crippen LogP contribution in [0.1, 0.15) is 90.4 Å². The molecule has 0 aliphatic carbocycles. The first kappa shape index (κ1) is 23.2. The van der Waals surface area contributed by atoms with E-state index in [0.29, 0.717) is 13.2 Å². The van der Waals surface area contributed by atoms with E-state index >= 15 is 0 Å². The first-order chi connectivity index (χ1) is 11.7. The second kappa shape index (κ2) is 18.6. The van der Waals surface area contributed by atoms with Crippen LogP contribution in [0.5, 0.6) is 0 Å². The predicted octanol–water partition coefficient (Wildman–Crippen LogP) is 5.40. The summed E-state index contributed by atoms with van der Waals surface area (Å²) in [5, 5.41) is 0. The van der Waals surface area contributed by atoms with Gasteiger partial charge in [-0.25, -0.2) is 0 Å². The number of rotatable bonds is 17. The second-order valence-electron chi connectivity index (χ2n) is 6.17. The standard InChI is InChI=1S/C19H35ClO4/c1-2-3-11-16-23-18(21)13-14-19(22)24-17-12-9-7-5-4-6-8-10-15-20/h2-17H2,1H3. The van der Waals surface area contributed by atoms with Crippen molar-refractivity contribution in [2.24, 2.45) is 0 Å². The molecule has 142 valence electrons. The minimum absolute atomic E-state index is 0.118. The summed E-state index contributed by atoms with van der Waals surface area (Å²) in [6, 6.07) is 0. The van der Waals surface area contributed by atoms with Crippen molar-refractivity contribution in [2.45, 2.75) is 90.4 Å². The van der Waals surface area contributed by atoms with Gasteiger partial charge in [-0.2, -0.15) is 0 Å². The van der Waals surface area contributed by atoms with Crippen LogP contribution >= 0.6 is 11.6 Å². The average Bonchev–Trinajstić information content (AvgIpc) is 2.58. The zero-order valence-corrected chi connectivity index (χ0v) is 16.1. The smallest absolute Gasteiger partial charge is 0.306 e. The van der Waals surface area contributed by atoms with E-state index in [2.05, 4.69) is 6.92 Å². The molecule has 0 N–H and O–H groups in total. The summed E-state index contributed by atoms with van der Waals surface area (Å²) in [5.74, 6) is 0.154. The van der Waals surface area contributed by atoms with E-state index < -0.39 is 0 Å². The average molecular weight is 363 g/mol. The van der Waals surface area contributed by atoms with Crippen LogP contribution in [-0.4, -0.2) is 31.0 Å². The molecule has 0 aliphatic heterocycles. The number of carbonyl (C=O) groups excluding carboxylic acids is 2. The molecule has 24 heavy (non-hydrogen) atoms. The molecule has 0 unspecified atom stereocenters. The molecule has 0 spiro atoms. The summed E-state index contributed by atoms with van der Waals surface area (Å²) in [5.41, 5.74) is 0. The molecular weight excluding hydrogens is 328 g/mol. The Bertz CT molecular complexity index is 308. The number of unbranched alkanes of at least 4 members (excludes halogenated alkanes) is 9. The number of carbonyl (C=O) groups is 2. The van der Waals surface area contributed by atoms with E-state index in [1.165, 1.54) is 32.1 Å². The van der Waals surface area contributed by atoms with Crippen molar-refractivity contribution in [2.75, 3.05) is 19.1 Å². The van der Waals surface area contributed by atoms with E-state index in [0.717, 1.165) is 44.4 Å². The maximum atomic E-state index is 11.5. The molecule has 0 fully saturated rings. The van der Waals surface area contributed by atoms with Gasteiger partial charge >= 0.3 is 11.9 Å². The maximum absolute atomic E-state index is 11.5. The van der Waals surface area contributed by atoms with E-state index in [1.807, 2.05) is 0 Å². The summed E-state index contributed by atoms with van der Waals surface area (Å²) in [4.78, 5) is 22.9. The van der Waals surface area contributed by atoms with Crippen molar-refractivity contribution in [3.63, 3.8) is 0 Å². The third-order valence-corrected chi connectivity index (χ3v) is 4.10. The van der Waals surface area contributed by atoms with Crippen molar-refractivity contribution in [3.05, 3.63) is 0 Å². The minimum Gasteiger partial charge on any atom is -0.466 e. The van der Waals surface area contributed by atoms with Gasteiger partial charge in [-0.05, 0) is 19.3 Å². The van der Waals surface area contributed by atoms with Crippen LogP contribution in [0.3, 0.4) is 0 Å². The van der Waals surface area contributed by atoms with Crippen molar-refractivity contribution in [1.29, 1.82) is 0 Å². The number of alkyl halides is 1. The highest BCUT2D eigenvalue weighted by Gasteiger charge is 2.08. The minimum atomic E-state index is -0.308. The topological polar surface area (TPSA) is 52.6 Å². The lowest BCUT2D eigenvalue weighted by Crippen LogP contribution is -2.11. The molecular formula is C19H35ClO4. The fourth-order valence-corrected chi connectivity index (χ4v) is 2.52. The van der Waals surface area contributed by atoms with Gasteiger partial charge in [0, 0.05) is 5.88 Å². The number of esters is 2. The Hall–Kier alpha value is -0.770. The summed E-state index contributed by atoms with van der Waals surface area (Å²) < 4.78 is 10.2. The Morgan fingerprint density at radius 2 is 1.08 bits per heavy atom. The molecule has 0 aliphatic rings. The van der Waals surface area contributed by atoms with Gasteiger partial charge in [0.05, 0.1) is 26.1 Å². The molecule has 0 atom stereocenters. The quantitative estimate of drug-likeness (QED) is 0.197. The van der Waals surface area contributed by atoms with Gasteiger partial charge in [0.15, 0.2) is 0 Å². The lowest BCUT2D eigenvalue weighted by Gasteiger charge is -2.06. The third kappa shape index (κ3) is 17.6. The molecule has 0 heterocycles. The van der Waals surface area contributed by atoms with Crippen molar-refractivity contribution in [3.8, 4) is 0 Å². The van der Waals surface area contributed by atoms with Crippen molar-refractivity contribution < 1.29 is 19.1 Å². The number of hydrogen-bond acceptors (Lipinski definition) is 4. The van der Waals surface area contributed by atoms with Crippen molar-refractivity contribution in [1.82, 2.24) is 0 Å². The SMILES string of the molecule is CCCCCOC(=O)CCC(=O)OCCCCCCCCCCCl. The highest BCUT2D eigenvalue weighted by atomic mass is 35.5. The van der Waals surface area contributed by atoms with Gasteiger partial charge < -0.3 is 9.47 Å². The van der Waals surface area contributed by atoms with E-state index in [1.54, 1.807) is 0 Å². The van der Waals surface area contributed by atoms with Gasteiger partial charge in [0.25, 0.3) is 0 Å². The second-order valence-corrected chi connectivity index (χ2v) is 6.54. The van der Waals surface area contributed by atoms with Gasteiger partial charge in [-0.15, -0.1) is 11.6 Å². The predicted molar refractivity (Wildman–Crippen MR) is 98.3 cm³/mol. The molecule has 0 saturated heterocycles. The number of ether oxygens (including phenoxy) is 2. The summed E-state index contributed by atoms with van der Waals surface area (Å²) in [6.07, 6.45) is 12.5. The fraction of sp³-hybridized carbons (Fsp3) is 0.895. The molecule has 0 saturated carbocycles. The number of hydrogen-bond donors (Lipinski definition) is 0. The van der Waals surface area contributed by atoms with Crippen molar-refractivity contribution >= 4 is 23.5 Å². The highest BCUT2D eigenvalue weighted by Crippen LogP contribution is 2.09. The normalized spacial score (nSPS) is 10.6. The first-order valence-electron chi connectivity index (χ1n) is 9.58. The molecule has 0 aromatic heterocycles. The molecule has 4 nitrogen and oxygen atoms in total. The van der Waals surface area contributed by atoms with Crippen LogP contribution in [-0.2, 0) is 19.1 Å². The molecule has 0 radical (unpaired) electrons. The van der Waals surface area contributed by atoms with E-state index in [4.69, 9.17) is 21.1 Å². The lowest BCUT2D eigenvalue weighted by molar-refractivity contribution is -0.150. The molecule has 0 amide bonds. The van der Waals surface area contributed by atoms with Gasteiger partial charge in [0.2, 0.25) is 0 Å². The highest BCUT2D eigenvalue weighted by molar-refractivity contribution is 6.17. The maximum Gasteiger partial charge on any atom is 0.306 e. The Morgan fingerprint density at radius 3 is 1.54 bits per heavy atom. The Labute approximate surface area is 152 Å². The van der Waals surface area contributed by atoms with Gasteiger partial charge in [0.1, 0.15) is 0 Å². The van der Waals surface area contributed by atoms with Crippen LogP contribution in [0.15, 0.2) is 0 Å². The molecule has 5 heteroatoms. The Kier molecular flexibility index (Phi) is 18.0. The van der Waals surface area contributed by atoms with Gasteiger partial charge in [-0.3, -0.25) is 9.59 Å². The Morgan fingerprint density at radius 1 is 0.667 bits per heavy atom. The largest absolute Gasteiger partial charge is 0.466 e. The van der Waals surface area contributed by atoms with Crippen LogP contribution in [0.4, 0.5) is 0 Å². The van der Waals surface area contributed by atoms with Crippen LogP contribution < -0.4 is 0 Å². The molecule has 0 rings (SSSR count). The molecule has 0 bridgehead atoms. The summed E-state index contributed by atoms with van der Waals surface area (Å²) in [7, 11) is 0. The zero-order chi connectivity index (χ0) is 17.9. The number of halogens is 1. The van der Waals surface area contributed by atoms with E-state index in [9.17, 15) is 9.59 Å². The fourth-order valence-electron chi connectivity index (χ4n) is 2.33.